The molecule has 1 aromatic heterocycles. The highest BCUT2D eigenvalue weighted by Crippen LogP contribution is 2.40. The van der Waals surface area contributed by atoms with E-state index in [2.05, 4.69) is 11.9 Å². The number of nitrogens with two attached hydrogens (primary N) is 1. The third-order valence-electron chi connectivity index (χ3n) is 6.59. The van der Waals surface area contributed by atoms with Gasteiger partial charge in [0.25, 0.3) is 0 Å². The quantitative estimate of drug-likeness (QED) is 0.651. The molecule has 2 saturated carbocycles. The summed E-state index contributed by atoms with van der Waals surface area (Å²) in [7, 11) is -3.83. The van der Waals surface area contributed by atoms with E-state index in [9.17, 15) is 18.0 Å². The average Bonchev–Trinajstić information content (AvgIpc) is 3.06. The molecule has 9 heteroatoms. The Labute approximate surface area is 182 Å². The summed E-state index contributed by atoms with van der Waals surface area (Å²) in [5.74, 6) is 0.378. The molecular weight excluding hydrogens is 418 g/mol. The van der Waals surface area contributed by atoms with Crippen molar-refractivity contribution in [2.75, 3.05) is 0 Å². The van der Waals surface area contributed by atoms with E-state index in [1.807, 2.05) is 4.57 Å². The summed E-state index contributed by atoms with van der Waals surface area (Å²) in [5.41, 5.74) is 1.29. The predicted molar refractivity (Wildman–Crippen MR) is 114 cm³/mol. The molecule has 8 nitrogen and oxygen atoms in total. The third kappa shape index (κ3) is 4.52. The molecule has 1 heterocycles. The molecule has 2 aliphatic rings. The van der Waals surface area contributed by atoms with Gasteiger partial charge in [0.15, 0.2) is 0 Å². The van der Waals surface area contributed by atoms with Crippen molar-refractivity contribution in [2.45, 2.75) is 69.9 Å². The summed E-state index contributed by atoms with van der Waals surface area (Å²) >= 11 is 0. The van der Waals surface area contributed by atoms with E-state index >= 15 is 0 Å². The van der Waals surface area contributed by atoms with Gasteiger partial charge in [-0.1, -0.05) is 19.8 Å². The number of imidazole rings is 1. The second kappa shape index (κ2) is 8.70. The number of aryl methyl sites for hydroxylation is 1. The average molecular weight is 448 g/mol. The number of benzene rings is 1. The molecule has 0 amide bonds. The molecule has 31 heavy (non-hydrogen) atoms. The Kier molecular flexibility index (Phi) is 6.16. The minimum Gasteiger partial charge on any atom is -0.457 e. The first-order chi connectivity index (χ1) is 14.8. The summed E-state index contributed by atoms with van der Waals surface area (Å²) < 4.78 is 31.0. The second-order valence-electron chi connectivity index (χ2n) is 8.73. The van der Waals surface area contributed by atoms with Gasteiger partial charge in [-0.3, -0.25) is 9.59 Å². The number of rotatable bonds is 7. The Balaban J connectivity index is 1.53. The fraction of sp³-hybridized carbons (Fsp3) is 0.591. The van der Waals surface area contributed by atoms with E-state index in [1.165, 1.54) is 12.1 Å². The monoisotopic (exact) mass is 447 g/mol. The summed E-state index contributed by atoms with van der Waals surface area (Å²) in [6.45, 7) is 2.79. The number of unbranched alkanes of at least 4 members (excludes halogenated alkanes) is 1. The number of esters is 1. The van der Waals surface area contributed by atoms with E-state index in [1.54, 1.807) is 6.07 Å². The number of sulfonamides is 1. The molecule has 0 saturated heterocycles. The zero-order valence-electron chi connectivity index (χ0n) is 17.7. The maximum Gasteiger partial charge on any atom is 0.309 e. The highest BCUT2D eigenvalue weighted by atomic mass is 32.2. The van der Waals surface area contributed by atoms with Crippen LogP contribution < -0.4 is 5.14 Å². The van der Waals surface area contributed by atoms with Gasteiger partial charge in [-0.15, -0.1) is 0 Å². The molecule has 2 fully saturated rings. The van der Waals surface area contributed by atoms with E-state index in [-0.39, 0.29) is 35.2 Å². The Morgan fingerprint density at radius 1 is 1.26 bits per heavy atom. The van der Waals surface area contributed by atoms with Crippen LogP contribution in [-0.2, 0) is 37.5 Å². The lowest BCUT2D eigenvalue weighted by Crippen LogP contribution is -2.39. The number of ketones is 1. The van der Waals surface area contributed by atoms with Gasteiger partial charge in [0, 0.05) is 18.4 Å². The van der Waals surface area contributed by atoms with Crippen molar-refractivity contribution in [3.05, 3.63) is 24.0 Å². The number of nitrogens with zero attached hydrogens (tertiary/aromatic N) is 2. The molecule has 1 unspecified atom stereocenters. The molecule has 0 spiro atoms. The standard InChI is InChI=1S/C22H29N3O5S/c1-2-3-9-25-19-8-7-17(31(23,28)29)12-18(19)24-20(25)13-30-22(27)16-10-14-5-4-6-15(11-16)21(14)26/h7-8,12,14-16H,2-6,9-11,13H2,1H3,(H2,23,28,29)/t14-,15+,16?. The number of ether oxygens (including phenoxy) is 1. The van der Waals surface area contributed by atoms with Gasteiger partial charge in [-0.2, -0.15) is 0 Å². The van der Waals surface area contributed by atoms with Crippen LogP contribution in [0.4, 0.5) is 0 Å². The Hall–Kier alpha value is -2.26. The van der Waals surface area contributed by atoms with Gasteiger partial charge in [-0.05, 0) is 50.3 Å². The van der Waals surface area contributed by atoms with Crippen molar-refractivity contribution in [3.63, 3.8) is 0 Å². The van der Waals surface area contributed by atoms with Crippen LogP contribution in [0, 0.1) is 17.8 Å². The maximum atomic E-state index is 12.8. The van der Waals surface area contributed by atoms with Crippen molar-refractivity contribution < 1.29 is 22.7 Å². The largest absolute Gasteiger partial charge is 0.457 e. The second-order valence-corrected chi connectivity index (χ2v) is 10.3. The van der Waals surface area contributed by atoms with E-state index in [0.717, 1.165) is 37.6 Å². The van der Waals surface area contributed by atoms with Gasteiger partial charge < -0.3 is 9.30 Å². The molecule has 2 aliphatic carbocycles. The zero-order valence-corrected chi connectivity index (χ0v) is 18.6. The fourth-order valence-corrected chi connectivity index (χ4v) is 5.47. The maximum absolute atomic E-state index is 12.8. The Morgan fingerprint density at radius 3 is 2.61 bits per heavy atom. The van der Waals surface area contributed by atoms with E-state index < -0.39 is 10.0 Å². The molecule has 2 bridgehead atoms. The molecule has 0 aliphatic heterocycles. The smallest absolute Gasteiger partial charge is 0.309 e. The van der Waals surface area contributed by atoms with Crippen LogP contribution in [0.1, 0.15) is 57.7 Å². The van der Waals surface area contributed by atoms with E-state index in [0.29, 0.717) is 36.5 Å². The SMILES string of the molecule is CCCCn1c(COC(=O)C2C[C@H]3CCC[C@@H](C2)C3=O)nc2cc(S(N)(=O)=O)ccc21. The lowest BCUT2D eigenvalue weighted by atomic mass is 9.67. The van der Waals surface area contributed by atoms with Crippen molar-refractivity contribution in [2.24, 2.45) is 22.9 Å². The first-order valence-electron chi connectivity index (χ1n) is 11.0. The lowest BCUT2D eigenvalue weighted by molar-refractivity contribution is -0.155. The molecule has 168 valence electrons. The van der Waals surface area contributed by atoms with Gasteiger partial charge in [0.2, 0.25) is 10.0 Å². The van der Waals surface area contributed by atoms with Crippen LogP contribution in [0.5, 0.6) is 0 Å². The number of hydrogen-bond acceptors (Lipinski definition) is 6. The lowest BCUT2D eigenvalue weighted by Gasteiger charge is -2.36. The van der Waals surface area contributed by atoms with Crippen molar-refractivity contribution in [1.82, 2.24) is 9.55 Å². The predicted octanol–water partition coefficient (Wildman–Crippen LogP) is 2.92. The topological polar surface area (TPSA) is 121 Å². The number of primary sulfonamides is 1. The normalized spacial score (nSPS) is 23.8. The van der Waals surface area contributed by atoms with Crippen LogP contribution >= 0.6 is 0 Å². The molecule has 2 N–H and O–H groups in total. The summed E-state index contributed by atoms with van der Waals surface area (Å²) in [5, 5.41) is 5.25. The third-order valence-corrected chi connectivity index (χ3v) is 7.50. The zero-order chi connectivity index (χ0) is 22.2. The van der Waals surface area contributed by atoms with E-state index in [4.69, 9.17) is 9.88 Å². The van der Waals surface area contributed by atoms with Gasteiger partial charge in [0.1, 0.15) is 18.2 Å². The molecule has 3 atom stereocenters. The Morgan fingerprint density at radius 2 is 1.97 bits per heavy atom. The van der Waals surface area contributed by atoms with Crippen molar-refractivity contribution in [3.8, 4) is 0 Å². The van der Waals surface area contributed by atoms with Crippen molar-refractivity contribution >= 4 is 32.8 Å². The molecule has 4 rings (SSSR count). The number of carbonyl (C=O) groups excluding carboxylic acids is 2. The van der Waals surface area contributed by atoms with Crippen LogP contribution in [0.3, 0.4) is 0 Å². The number of fused-ring (bicyclic) bond motifs is 3. The summed E-state index contributed by atoms with van der Waals surface area (Å²) in [4.78, 5) is 29.6. The fourth-order valence-electron chi connectivity index (χ4n) is 4.94. The highest BCUT2D eigenvalue weighted by Gasteiger charge is 2.41. The van der Waals surface area contributed by atoms with Gasteiger partial charge in [0.05, 0.1) is 21.8 Å². The highest BCUT2D eigenvalue weighted by molar-refractivity contribution is 7.89. The molecule has 1 aromatic carbocycles. The van der Waals surface area contributed by atoms with Crippen LogP contribution in [0.15, 0.2) is 23.1 Å². The number of hydrogen-bond donors (Lipinski definition) is 1. The first-order valence-corrected chi connectivity index (χ1v) is 12.5. The summed E-state index contributed by atoms with van der Waals surface area (Å²) in [6, 6.07) is 4.61. The number of Topliss-reactive ketones (excluding diaryl/α,β-unsaturated/α-hetero) is 1. The molecule has 2 aromatic rings. The minimum atomic E-state index is -3.83. The van der Waals surface area contributed by atoms with Crippen LogP contribution in [0.25, 0.3) is 11.0 Å². The Bertz CT molecular complexity index is 1090. The molecular formula is C22H29N3O5S. The first kappa shape index (κ1) is 22.0. The van der Waals surface area contributed by atoms with Crippen LogP contribution in [-0.4, -0.2) is 29.7 Å². The van der Waals surface area contributed by atoms with Gasteiger partial charge >= 0.3 is 5.97 Å². The summed E-state index contributed by atoms with van der Waals surface area (Å²) in [6.07, 6.45) is 5.86. The number of carbonyl (C=O) groups is 2. The van der Waals surface area contributed by atoms with Gasteiger partial charge in [-0.25, -0.2) is 18.5 Å². The van der Waals surface area contributed by atoms with Crippen LogP contribution in [0.2, 0.25) is 0 Å². The minimum absolute atomic E-state index is 0.00194. The van der Waals surface area contributed by atoms with Crippen molar-refractivity contribution in [1.29, 1.82) is 0 Å². The number of aromatic nitrogens is 2. The molecule has 0 radical (unpaired) electrons.